The predicted octanol–water partition coefficient (Wildman–Crippen LogP) is 4.07. The maximum Gasteiger partial charge on any atom is 0.196 e. The molecule has 23 heavy (non-hydrogen) atoms. The van der Waals surface area contributed by atoms with Crippen LogP contribution in [0.3, 0.4) is 0 Å². The van der Waals surface area contributed by atoms with E-state index >= 15 is 0 Å². The van der Waals surface area contributed by atoms with Crippen LogP contribution < -0.4 is 4.90 Å². The molecule has 1 fully saturated rings. The third-order valence-corrected chi connectivity index (χ3v) is 4.45. The van der Waals surface area contributed by atoms with Crippen molar-refractivity contribution in [2.75, 3.05) is 18.0 Å². The van der Waals surface area contributed by atoms with Gasteiger partial charge in [0.2, 0.25) is 0 Å². The highest BCUT2D eigenvalue weighted by molar-refractivity contribution is 6.16. The van der Waals surface area contributed by atoms with Crippen molar-refractivity contribution in [2.45, 2.75) is 12.8 Å². The minimum Gasteiger partial charge on any atom is -0.370 e. The number of ketones is 1. The summed E-state index contributed by atoms with van der Waals surface area (Å²) in [5.41, 5.74) is 3.41. The quantitative estimate of drug-likeness (QED) is 0.684. The molecule has 2 aromatic carbocycles. The average molecular weight is 302 g/mol. The van der Waals surface area contributed by atoms with Gasteiger partial charge in [0.1, 0.15) is 0 Å². The molecule has 0 amide bonds. The molecule has 0 aliphatic carbocycles. The normalized spacial score (nSPS) is 14.3. The summed E-state index contributed by atoms with van der Waals surface area (Å²) in [5.74, 6) is 0.0470. The van der Waals surface area contributed by atoms with Gasteiger partial charge in [-0.15, -0.1) is 0 Å². The Bertz CT molecular complexity index is 852. The molecule has 0 atom stereocenters. The minimum absolute atomic E-state index is 0.0470. The van der Waals surface area contributed by atoms with E-state index in [0.717, 1.165) is 29.7 Å². The van der Waals surface area contributed by atoms with E-state index in [1.807, 2.05) is 48.5 Å². The van der Waals surface area contributed by atoms with Gasteiger partial charge in [-0.25, -0.2) is 0 Å². The fourth-order valence-corrected chi connectivity index (χ4v) is 3.32. The van der Waals surface area contributed by atoms with Crippen molar-refractivity contribution in [1.29, 1.82) is 0 Å². The first-order chi connectivity index (χ1) is 11.3. The van der Waals surface area contributed by atoms with Gasteiger partial charge in [0.25, 0.3) is 0 Å². The van der Waals surface area contributed by atoms with Crippen LogP contribution in [-0.4, -0.2) is 23.9 Å². The molecule has 114 valence electrons. The third-order valence-electron chi connectivity index (χ3n) is 4.45. The molecule has 1 aliphatic rings. The molecule has 4 rings (SSSR count). The summed E-state index contributed by atoms with van der Waals surface area (Å²) < 4.78 is 0. The topological polar surface area (TPSA) is 33.2 Å². The number of benzene rings is 2. The fourth-order valence-electron chi connectivity index (χ4n) is 3.32. The fraction of sp³-hybridized carbons (Fsp3) is 0.200. The molecule has 0 N–H and O–H groups in total. The largest absolute Gasteiger partial charge is 0.370 e. The lowest BCUT2D eigenvalue weighted by Gasteiger charge is -2.22. The predicted molar refractivity (Wildman–Crippen MR) is 93.1 cm³/mol. The number of nitrogens with zero attached hydrogens (tertiary/aromatic N) is 2. The van der Waals surface area contributed by atoms with Gasteiger partial charge in [0, 0.05) is 30.2 Å². The average Bonchev–Trinajstić information content (AvgIpc) is 3.15. The second-order valence-corrected chi connectivity index (χ2v) is 5.93. The first-order valence-electron chi connectivity index (χ1n) is 8.07. The van der Waals surface area contributed by atoms with Gasteiger partial charge < -0.3 is 4.90 Å². The zero-order valence-corrected chi connectivity index (χ0v) is 12.9. The zero-order chi connectivity index (χ0) is 15.6. The monoisotopic (exact) mass is 302 g/mol. The van der Waals surface area contributed by atoms with E-state index in [1.165, 1.54) is 12.8 Å². The molecule has 0 saturated carbocycles. The Morgan fingerprint density at radius 3 is 2.39 bits per heavy atom. The van der Waals surface area contributed by atoms with E-state index in [0.29, 0.717) is 11.1 Å². The van der Waals surface area contributed by atoms with Crippen LogP contribution >= 0.6 is 0 Å². The highest BCUT2D eigenvalue weighted by Crippen LogP contribution is 2.33. The Labute approximate surface area is 135 Å². The number of hydrogen-bond donors (Lipinski definition) is 0. The molecule has 3 nitrogen and oxygen atoms in total. The molecule has 1 aromatic heterocycles. The number of para-hydroxylation sites is 1. The summed E-state index contributed by atoms with van der Waals surface area (Å²) in [6.07, 6.45) is 4.09. The van der Waals surface area contributed by atoms with Gasteiger partial charge in [-0.2, -0.15) is 0 Å². The van der Waals surface area contributed by atoms with Crippen LogP contribution in [0.15, 0.2) is 60.8 Å². The number of aromatic nitrogens is 1. The lowest BCUT2D eigenvalue weighted by atomic mass is 10.00. The molecule has 0 bridgehead atoms. The molecular formula is C20H18N2O. The lowest BCUT2D eigenvalue weighted by molar-refractivity contribution is 0.103. The van der Waals surface area contributed by atoms with Crippen molar-refractivity contribution in [3.05, 3.63) is 71.9 Å². The standard InChI is InChI=1S/C20H18N2O/c23-20(15-8-2-1-3-9-15)17-14-21-18-11-5-4-10-16(18)19(17)22-12-6-7-13-22/h1-5,8-11,14H,6-7,12-13H2. The highest BCUT2D eigenvalue weighted by atomic mass is 16.1. The molecule has 1 aliphatic heterocycles. The Morgan fingerprint density at radius 2 is 1.61 bits per heavy atom. The van der Waals surface area contributed by atoms with Crippen LogP contribution in [0.5, 0.6) is 0 Å². The molecule has 0 radical (unpaired) electrons. The Kier molecular flexibility index (Phi) is 3.54. The Balaban J connectivity index is 1.92. The van der Waals surface area contributed by atoms with Crippen molar-refractivity contribution in [3.63, 3.8) is 0 Å². The second-order valence-electron chi connectivity index (χ2n) is 5.93. The smallest absolute Gasteiger partial charge is 0.196 e. The molecule has 3 aromatic rings. The molecule has 1 saturated heterocycles. The molecular weight excluding hydrogens is 284 g/mol. The van der Waals surface area contributed by atoms with Gasteiger partial charge in [-0.3, -0.25) is 9.78 Å². The van der Waals surface area contributed by atoms with Crippen LogP contribution in [0, 0.1) is 0 Å². The first-order valence-corrected chi connectivity index (χ1v) is 8.07. The Hall–Kier alpha value is -2.68. The summed E-state index contributed by atoms with van der Waals surface area (Å²) in [5, 5.41) is 1.07. The number of pyridine rings is 1. The number of carbonyl (C=O) groups excluding carboxylic acids is 1. The van der Waals surface area contributed by atoms with Gasteiger partial charge in [-0.05, 0) is 18.9 Å². The van der Waals surface area contributed by atoms with E-state index in [1.54, 1.807) is 6.20 Å². The van der Waals surface area contributed by atoms with Crippen molar-refractivity contribution in [1.82, 2.24) is 4.98 Å². The summed E-state index contributed by atoms with van der Waals surface area (Å²) in [6.45, 7) is 2.01. The molecule has 2 heterocycles. The van der Waals surface area contributed by atoms with E-state index in [9.17, 15) is 4.79 Å². The first kappa shape index (κ1) is 13.9. The minimum atomic E-state index is 0.0470. The van der Waals surface area contributed by atoms with Crippen LogP contribution in [0.4, 0.5) is 5.69 Å². The molecule has 3 heteroatoms. The number of rotatable bonds is 3. The van der Waals surface area contributed by atoms with Crippen LogP contribution in [0.25, 0.3) is 10.9 Å². The van der Waals surface area contributed by atoms with Crippen LogP contribution in [0.1, 0.15) is 28.8 Å². The number of anilines is 1. The number of fused-ring (bicyclic) bond motifs is 1. The second kappa shape index (κ2) is 5.84. The Morgan fingerprint density at radius 1 is 0.913 bits per heavy atom. The van der Waals surface area contributed by atoms with E-state index in [2.05, 4.69) is 16.0 Å². The summed E-state index contributed by atoms with van der Waals surface area (Å²) >= 11 is 0. The summed E-state index contributed by atoms with van der Waals surface area (Å²) in [4.78, 5) is 19.8. The maximum absolute atomic E-state index is 13.0. The van der Waals surface area contributed by atoms with Gasteiger partial charge in [0.15, 0.2) is 5.78 Å². The summed E-state index contributed by atoms with van der Waals surface area (Å²) in [7, 11) is 0. The van der Waals surface area contributed by atoms with Crippen molar-refractivity contribution >= 4 is 22.4 Å². The molecule has 0 unspecified atom stereocenters. The highest BCUT2D eigenvalue weighted by Gasteiger charge is 2.23. The van der Waals surface area contributed by atoms with Crippen LogP contribution in [-0.2, 0) is 0 Å². The zero-order valence-electron chi connectivity index (χ0n) is 12.9. The lowest BCUT2D eigenvalue weighted by Crippen LogP contribution is -2.21. The van der Waals surface area contributed by atoms with Crippen molar-refractivity contribution in [2.24, 2.45) is 0 Å². The third kappa shape index (κ3) is 2.48. The van der Waals surface area contributed by atoms with E-state index in [-0.39, 0.29) is 5.78 Å². The number of carbonyl (C=O) groups is 1. The SMILES string of the molecule is O=C(c1ccccc1)c1cnc2ccccc2c1N1CCCC1. The van der Waals surface area contributed by atoms with Crippen LogP contribution in [0.2, 0.25) is 0 Å². The number of hydrogen-bond acceptors (Lipinski definition) is 3. The van der Waals surface area contributed by atoms with Crippen molar-refractivity contribution < 1.29 is 4.79 Å². The van der Waals surface area contributed by atoms with Gasteiger partial charge in [0.05, 0.1) is 16.8 Å². The summed E-state index contributed by atoms with van der Waals surface area (Å²) in [6, 6.07) is 17.5. The van der Waals surface area contributed by atoms with Crippen molar-refractivity contribution in [3.8, 4) is 0 Å². The van der Waals surface area contributed by atoms with Gasteiger partial charge in [-0.1, -0.05) is 48.5 Å². The van der Waals surface area contributed by atoms with E-state index < -0.39 is 0 Å². The van der Waals surface area contributed by atoms with E-state index in [4.69, 9.17) is 0 Å². The molecule has 0 spiro atoms. The maximum atomic E-state index is 13.0. The van der Waals surface area contributed by atoms with Gasteiger partial charge >= 0.3 is 0 Å².